The molecule has 0 unspecified atom stereocenters. The molecule has 1 heterocycles. The number of benzene rings is 2. The van der Waals surface area contributed by atoms with Crippen molar-refractivity contribution in [2.45, 2.75) is 23.1 Å². The number of hydrogen-bond acceptors (Lipinski definition) is 6. The Morgan fingerprint density at radius 2 is 1.88 bits per heavy atom. The van der Waals surface area contributed by atoms with Crippen LogP contribution in [0.5, 0.6) is 5.75 Å². The molecule has 0 radical (unpaired) electrons. The van der Waals surface area contributed by atoms with Crippen molar-refractivity contribution in [3.05, 3.63) is 54.1 Å². The standard InChI is InChI=1S/C18H18N2O4S2/c1-12(17(21)19-11-13-7-3-5-9-15(13)24-2)26(22,23)18-20-14-8-4-6-10-16(14)25-18/h3-10,12H,11H2,1-2H3,(H,19,21)/t12-/m0/s1. The zero-order chi connectivity index (χ0) is 18.7. The van der Waals surface area contributed by atoms with Gasteiger partial charge in [0.05, 0.1) is 17.3 Å². The molecule has 0 saturated heterocycles. The lowest BCUT2D eigenvalue weighted by atomic mass is 10.2. The summed E-state index contributed by atoms with van der Waals surface area (Å²) in [5.74, 6) is 0.0599. The molecule has 0 aliphatic carbocycles. The van der Waals surface area contributed by atoms with Gasteiger partial charge in [0, 0.05) is 12.1 Å². The zero-order valence-electron chi connectivity index (χ0n) is 14.3. The van der Waals surface area contributed by atoms with Gasteiger partial charge in [0.25, 0.3) is 0 Å². The first kappa shape index (κ1) is 18.3. The number of amides is 1. The number of para-hydroxylation sites is 2. The van der Waals surface area contributed by atoms with Crippen molar-refractivity contribution in [3.63, 3.8) is 0 Å². The summed E-state index contributed by atoms with van der Waals surface area (Å²) in [5, 5.41) is 1.42. The van der Waals surface area contributed by atoms with E-state index in [-0.39, 0.29) is 10.9 Å². The summed E-state index contributed by atoms with van der Waals surface area (Å²) in [7, 11) is -2.31. The summed E-state index contributed by atoms with van der Waals surface area (Å²) in [4.78, 5) is 16.6. The number of carbonyl (C=O) groups is 1. The lowest BCUT2D eigenvalue weighted by molar-refractivity contribution is -0.120. The predicted octanol–water partition coefficient (Wildman–Crippen LogP) is 2.78. The monoisotopic (exact) mass is 390 g/mol. The van der Waals surface area contributed by atoms with E-state index in [2.05, 4.69) is 10.3 Å². The number of sulfone groups is 1. The van der Waals surface area contributed by atoms with Crippen molar-refractivity contribution in [1.82, 2.24) is 10.3 Å². The second-order valence-corrected chi connectivity index (χ2v) is 9.14. The SMILES string of the molecule is COc1ccccc1CNC(=O)[C@H](C)S(=O)(=O)c1nc2ccccc2s1. The van der Waals surface area contributed by atoms with Crippen LogP contribution in [0.2, 0.25) is 0 Å². The molecule has 1 aromatic heterocycles. The Morgan fingerprint density at radius 1 is 1.19 bits per heavy atom. The molecule has 0 bridgehead atoms. The normalized spacial score (nSPS) is 12.7. The molecule has 0 spiro atoms. The zero-order valence-corrected chi connectivity index (χ0v) is 15.9. The van der Waals surface area contributed by atoms with E-state index in [9.17, 15) is 13.2 Å². The Bertz CT molecular complexity index is 1010. The van der Waals surface area contributed by atoms with E-state index >= 15 is 0 Å². The van der Waals surface area contributed by atoms with Crippen molar-refractivity contribution in [2.24, 2.45) is 0 Å². The molecule has 136 valence electrons. The van der Waals surface area contributed by atoms with Gasteiger partial charge in [-0.2, -0.15) is 0 Å². The summed E-state index contributed by atoms with van der Waals surface area (Å²) < 4.78 is 31.4. The van der Waals surface area contributed by atoms with E-state index in [4.69, 9.17) is 4.74 Å². The number of fused-ring (bicyclic) bond motifs is 1. The number of ether oxygens (including phenoxy) is 1. The molecule has 1 amide bonds. The number of methoxy groups -OCH3 is 1. The van der Waals surface area contributed by atoms with Gasteiger partial charge < -0.3 is 10.1 Å². The number of aromatic nitrogens is 1. The summed E-state index contributed by atoms with van der Waals surface area (Å²) in [5.41, 5.74) is 1.38. The van der Waals surface area contributed by atoms with Crippen molar-refractivity contribution in [3.8, 4) is 5.75 Å². The van der Waals surface area contributed by atoms with Crippen LogP contribution in [0.1, 0.15) is 12.5 Å². The minimum absolute atomic E-state index is 0.0429. The van der Waals surface area contributed by atoms with E-state index < -0.39 is 21.0 Å². The maximum Gasteiger partial charge on any atom is 0.238 e. The second-order valence-electron chi connectivity index (χ2n) is 5.66. The number of carbonyl (C=O) groups excluding carboxylic acids is 1. The van der Waals surface area contributed by atoms with Crippen molar-refractivity contribution < 1.29 is 17.9 Å². The molecule has 1 N–H and O–H groups in total. The Hall–Kier alpha value is -2.45. The maximum atomic E-state index is 12.7. The molecule has 26 heavy (non-hydrogen) atoms. The summed E-state index contributed by atoms with van der Waals surface area (Å²) in [6.45, 7) is 1.56. The third kappa shape index (κ3) is 3.56. The highest BCUT2D eigenvalue weighted by Crippen LogP contribution is 2.27. The predicted molar refractivity (Wildman–Crippen MR) is 101 cm³/mol. The first-order valence-corrected chi connectivity index (χ1v) is 10.3. The third-order valence-electron chi connectivity index (χ3n) is 4.00. The van der Waals surface area contributed by atoms with Crippen LogP contribution < -0.4 is 10.1 Å². The number of nitrogens with zero attached hydrogens (tertiary/aromatic N) is 1. The van der Waals surface area contributed by atoms with E-state index in [0.29, 0.717) is 11.3 Å². The number of nitrogens with one attached hydrogen (secondary N) is 1. The summed E-state index contributed by atoms with van der Waals surface area (Å²) in [6.07, 6.45) is 0. The van der Waals surface area contributed by atoms with Crippen molar-refractivity contribution in [1.29, 1.82) is 0 Å². The highest BCUT2D eigenvalue weighted by atomic mass is 32.2. The smallest absolute Gasteiger partial charge is 0.238 e. The topological polar surface area (TPSA) is 85.4 Å². The fourth-order valence-corrected chi connectivity index (χ4v) is 5.20. The van der Waals surface area contributed by atoms with E-state index in [0.717, 1.165) is 21.6 Å². The van der Waals surface area contributed by atoms with Gasteiger partial charge in [0.15, 0.2) is 0 Å². The van der Waals surface area contributed by atoms with Gasteiger partial charge in [-0.05, 0) is 25.1 Å². The molecule has 8 heteroatoms. The van der Waals surface area contributed by atoms with Crippen LogP contribution in [0.15, 0.2) is 52.9 Å². The molecule has 0 fully saturated rings. The van der Waals surface area contributed by atoms with Crippen LogP contribution >= 0.6 is 11.3 Å². The number of hydrogen-bond donors (Lipinski definition) is 1. The first-order chi connectivity index (χ1) is 12.4. The highest BCUT2D eigenvalue weighted by molar-refractivity contribution is 7.94. The van der Waals surface area contributed by atoms with Crippen LogP contribution in [0.4, 0.5) is 0 Å². The van der Waals surface area contributed by atoms with Crippen LogP contribution in [-0.2, 0) is 21.2 Å². The minimum Gasteiger partial charge on any atom is -0.496 e. The first-order valence-electron chi connectivity index (χ1n) is 7.92. The van der Waals surface area contributed by atoms with Gasteiger partial charge >= 0.3 is 0 Å². The average molecular weight is 390 g/mol. The van der Waals surface area contributed by atoms with E-state index in [1.165, 1.54) is 6.92 Å². The molecule has 0 aliphatic heterocycles. The summed E-state index contributed by atoms with van der Waals surface area (Å²) in [6, 6.07) is 14.4. The van der Waals surface area contributed by atoms with Gasteiger partial charge in [-0.1, -0.05) is 30.3 Å². The van der Waals surface area contributed by atoms with Gasteiger partial charge in [0.2, 0.25) is 20.1 Å². The molecule has 0 saturated carbocycles. The van der Waals surface area contributed by atoms with Gasteiger partial charge in [0.1, 0.15) is 11.0 Å². The Balaban J connectivity index is 1.76. The molecule has 1 atom stereocenters. The third-order valence-corrected chi connectivity index (χ3v) is 7.50. The second kappa shape index (κ2) is 7.43. The Morgan fingerprint density at radius 3 is 2.62 bits per heavy atom. The minimum atomic E-state index is -3.86. The largest absolute Gasteiger partial charge is 0.496 e. The van der Waals surface area contributed by atoms with Crippen LogP contribution in [0, 0.1) is 0 Å². The van der Waals surface area contributed by atoms with E-state index in [1.807, 2.05) is 24.3 Å². The van der Waals surface area contributed by atoms with Crippen molar-refractivity contribution >= 4 is 37.3 Å². The molecule has 3 aromatic rings. The summed E-state index contributed by atoms with van der Waals surface area (Å²) >= 11 is 1.07. The van der Waals surface area contributed by atoms with Gasteiger partial charge in [-0.25, -0.2) is 13.4 Å². The van der Waals surface area contributed by atoms with Crippen LogP contribution in [0.3, 0.4) is 0 Å². The molecular weight excluding hydrogens is 372 g/mol. The molecule has 2 aromatic carbocycles. The van der Waals surface area contributed by atoms with Gasteiger partial charge in [-0.3, -0.25) is 4.79 Å². The quantitative estimate of drug-likeness (QED) is 0.699. The molecule has 6 nitrogen and oxygen atoms in total. The number of rotatable bonds is 6. The van der Waals surface area contributed by atoms with Crippen LogP contribution in [-0.4, -0.2) is 31.7 Å². The van der Waals surface area contributed by atoms with Crippen LogP contribution in [0.25, 0.3) is 10.2 Å². The Kier molecular flexibility index (Phi) is 5.24. The molecule has 0 aliphatic rings. The highest BCUT2D eigenvalue weighted by Gasteiger charge is 2.32. The van der Waals surface area contributed by atoms with Gasteiger partial charge in [-0.15, -0.1) is 11.3 Å². The lowest BCUT2D eigenvalue weighted by Crippen LogP contribution is -2.37. The molecule has 3 rings (SSSR count). The fourth-order valence-electron chi connectivity index (χ4n) is 2.44. The maximum absolute atomic E-state index is 12.7. The van der Waals surface area contributed by atoms with E-state index in [1.54, 1.807) is 31.4 Å². The fraction of sp³-hybridized carbons (Fsp3) is 0.222. The lowest BCUT2D eigenvalue weighted by Gasteiger charge is -2.13. The number of thiazole rings is 1. The molecular formula is C18H18N2O4S2. The Labute approximate surface area is 155 Å². The average Bonchev–Trinajstić information content (AvgIpc) is 3.10. The van der Waals surface area contributed by atoms with Crippen molar-refractivity contribution in [2.75, 3.05) is 7.11 Å².